The molecule has 1 unspecified atom stereocenters. The van der Waals surface area contributed by atoms with Crippen molar-refractivity contribution in [2.45, 2.75) is 52.9 Å². The summed E-state index contributed by atoms with van der Waals surface area (Å²) in [6.45, 7) is 5.90. The van der Waals surface area contributed by atoms with Crippen molar-refractivity contribution in [3.63, 3.8) is 0 Å². The molecule has 0 N–H and O–H groups in total. The average Bonchev–Trinajstić information content (AvgIpc) is 2.15. The number of allylic oxidation sites excluding steroid dienone is 2. The lowest BCUT2D eigenvalue weighted by molar-refractivity contribution is -0.121. The molecule has 1 nitrogen and oxygen atoms in total. The Morgan fingerprint density at radius 1 is 1.14 bits per heavy atom. The highest BCUT2D eigenvalue weighted by Gasteiger charge is 2.24. The van der Waals surface area contributed by atoms with Crippen molar-refractivity contribution in [2.24, 2.45) is 11.8 Å². The Kier molecular flexibility index (Phi) is 4.37. The highest BCUT2D eigenvalue weighted by molar-refractivity contribution is 5.80. The van der Waals surface area contributed by atoms with E-state index in [2.05, 4.69) is 19.9 Å². The topological polar surface area (TPSA) is 17.1 Å². The summed E-state index contributed by atoms with van der Waals surface area (Å²) in [7, 11) is 0. The van der Waals surface area contributed by atoms with Gasteiger partial charge in [-0.25, -0.2) is 0 Å². The summed E-state index contributed by atoms with van der Waals surface area (Å²) in [5.41, 5.74) is 1.27. The second-order valence-corrected chi connectivity index (χ2v) is 4.78. The van der Waals surface area contributed by atoms with Crippen LogP contribution in [-0.4, -0.2) is 5.78 Å². The van der Waals surface area contributed by atoms with Crippen LogP contribution in [0.2, 0.25) is 0 Å². The summed E-state index contributed by atoms with van der Waals surface area (Å²) in [5, 5.41) is 0. The van der Waals surface area contributed by atoms with Gasteiger partial charge in [-0.1, -0.05) is 30.9 Å². The van der Waals surface area contributed by atoms with Crippen molar-refractivity contribution in [1.29, 1.82) is 0 Å². The van der Waals surface area contributed by atoms with Gasteiger partial charge in [0, 0.05) is 5.92 Å². The lowest BCUT2D eigenvalue weighted by Crippen LogP contribution is -2.22. The van der Waals surface area contributed by atoms with Crippen LogP contribution in [0.1, 0.15) is 52.9 Å². The van der Waals surface area contributed by atoms with E-state index in [0.717, 1.165) is 0 Å². The number of carbonyl (C=O) groups excluding carboxylic acids is 1. The van der Waals surface area contributed by atoms with Gasteiger partial charge in [-0.15, -0.1) is 0 Å². The van der Waals surface area contributed by atoms with Gasteiger partial charge in [-0.2, -0.15) is 0 Å². The molecule has 0 amide bonds. The number of carbonyl (C=O) groups is 1. The van der Waals surface area contributed by atoms with E-state index in [1.54, 1.807) is 6.92 Å². The second-order valence-electron chi connectivity index (χ2n) is 4.78. The molecule has 0 saturated heterocycles. The van der Waals surface area contributed by atoms with Crippen LogP contribution in [0.3, 0.4) is 0 Å². The molecule has 1 atom stereocenters. The smallest absolute Gasteiger partial charge is 0.136 e. The van der Waals surface area contributed by atoms with Gasteiger partial charge in [0.1, 0.15) is 5.78 Å². The van der Waals surface area contributed by atoms with E-state index >= 15 is 0 Å². The summed E-state index contributed by atoms with van der Waals surface area (Å²) in [6.07, 6.45) is 8.63. The molecular formula is C13H22O. The van der Waals surface area contributed by atoms with E-state index in [4.69, 9.17) is 0 Å². The van der Waals surface area contributed by atoms with Gasteiger partial charge in [-0.05, 0) is 39.5 Å². The minimum atomic E-state index is 0.195. The van der Waals surface area contributed by atoms with Gasteiger partial charge in [-0.3, -0.25) is 4.79 Å². The fourth-order valence-electron chi connectivity index (χ4n) is 2.44. The molecule has 14 heavy (non-hydrogen) atoms. The van der Waals surface area contributed by atoms with E-state index < -0.39 is 0 Å². The third kappa shape index (κ3) is 3.28. The Labute approximate surface area is 87.6 Å². The molecular weight excluding hydrogens is 172 g/mol. The number of rotatable bonds is 3. The summed E-state index contributed by atoms with van der Waals surface area (Å²) >= 11 is 0. The van der Waals surface area contributed by atoms with E-state index in [-0.39, 0.29) is 5.92 Å². The first-order valence-corrected chi connectivity index (χ1v) is 5.76. The molecule has 0 aromatic rings. The number of hydrogen-bond donors (Lipinski definition) is 0. The third-order valence-electron chi connectivity index (χ3n) is 3.14. The van der Waals surface area contributed by atoms with Crippen LogP contribution in [0.5, 0.6) is 0 Å². The van der Waals surface area contributed by atoms with Crippen molar-refractivity contribution in [3.05, 3.63) is 11.6 Å². The maximum atomic E-state index is 11.5. The first-order valence-electron chi connectivity index (χ1n) is 5.76. The highest BCUT2D eigenvalue weighted by Crippen LogP contribution is 2.31. The normalized spacial score (nSPS) is 20.2. The first-order chi connectivity index (χ1) is 6.61. The van der Waals surface area contributed by atoms with Crippen LogP contribution in [0, 0.1) is 11.8 Å². The molecule has 0 aromatic heterocycles. The molecule has 1 heteroatoms. The molecule has 80 valence electrons. The fraction of sp³-hybridized carbons (Fsp3) is 0.769. The zero-order valence-electron chi connectivity index (χ0n) is 9.68. The quantitative estimate of drug-likeness (QED) is 0.625. The maximum absolute atomic E-state index is 11.5. The third-order valence-corrected chi connectivity index (χ3v) is 3.14. The summed E-state index contributed by atoms with van der Waals surface area (Å²) in [6, 6.07) is 0. The highest BCUT2D eigenvalue weighted by atomic mass is 16.1. The van der Waals surface area contributed by atoms with E-state index in [0.29, 0.717) is 11.7 Å². The minimum Gasteiger partial charge on any atom is -0.299 e. The zero-order valence-corrected chi connectivity index (χ0v) is 9.68. The number of ketones is 1. The van der Waals surface area contributed by atoms with Gasteiger partial charge in [0.2, 0.25) is 0 Å². The van der Waals surface area contributed by atoms with Crippen molar-refractivity contribution in [3.8, 4) is 0 Å². The molecule has 0 aromatic carbocycles. The Balaban J connectivity index is 2.66. The van der Waals surface area contributed by atoms with Crippen molar-refractivity contribution in [2.75, 3.05) is 0 Å². The molecule has 1 aliphatic rings. The number of hydrogen-bond acceptors (Lipinski definition) is 1. The predicted octanol–water partition coefficient (Wildman–Crippen LogP) is 3.74. The van der Waals surface area contributed by atoms with E-state index in [1.807, 2.05) is 0 Å². The molecule has 1 aliphatic carbocycles. The van der Waals surface area contributed by atoms with Gasteiger partial charge in [0.15, 0.2) is 0 Å². The fourth-order valence-corrected chi connectivity index (χ4v) is 2.44. The Bertz CT molecular complexity index is 217. The molecule has 0 bridgehead atoms. The summed E-state index contributed by atoms with van der Waals surface area (Å²) < 4.78 is 0. The SMILES string of the molecule is CC(=O)C(C=C(C)C)C1CCCCC1. The van der Waals surface area contributed by atoms with Crippen molar-refractivity contribution < 1.29 is 4.79 Å². The molecule has 0 aliphatic heterocycles. The van der Waals surface area contributed by atoms with Crippen LogP contribution in [0.4, 0.5) is 0 Å². The molecule has 1 fully saturated rings. The summed E-state index contributed by atoms with van der Waals surface area (Å²) in [4.78, 5) is 11.5. The van der Waals surface area contributed by atoms with Crippen LogP contribution >= 0.6 is 0 Å². The average molecular weight is 194 g/mol. The van der Waals surface area contributed by atoms with Gasteiger partial charge < -0.3 is 0 Å². The standard InChI is InChI=1S/C13H22O/c1-10(2)9-13(11(3)14)12-7-5-4-6-8-12/h9,12-13H,4-8H2,1-3H3. The van der Waals surface area contributed by atoms with Gasteiger partial charge in [0.05, 0.1) is 0 Å². The lowest BCUT2D eigenvalue weighted by Gasteiger charge is -2.26. The lowest BCUT2D eigenvalue weighted by atomic mass is 9.78. The van der Waals surface area contributed by atoms with Crippen LogP contribution in [0.25, 0.3) is 0 Å². The van der Waals surface area contributed by atoms with Crippen LogP contribution < -0.4 is 0 Å². The minimum absolute atomic E-state index is 0.195. The van der Waals surface area contributed by atoms with Gasteiger partial charge >= 0.3 is 0 Å². The molecule has 0 spiro atoms. The molecule has 0 heterocycles. The van der Waals surface area contributed by atoms with Crippen LogP contribution in [-0.2, 0) is 4.79 Å². The molecule has 1 saturated carbocycles. The van der Waals surface area contributed by atoms with Crippen LogP contribution in [0.15, 0.2) is 11.6 Å². The van der Waals surface area contributed by atoms with E-state index in [9.17, 15) is 4.79 Å². The zero-order chi connectivity index (χ0) is 10.6. The number of Topliss-reactive ketones (excluding diaryl/α,β-unsaturated/α-hetero) is 1. The monoisotopic (exact) mass is 194 g/mol. The largest absolute Gasteiger partial charge is 0.299 e. The maximum Gasteiger partial charge on any atom is 0.136 e. The second kappa shape index (κ2) is 5.33. The predicted molar refractivity (Wildman–Crippen MR) is 60.2 cm³/mol. The Hall–Kier alpha value is -0.590. The Morgan fingerprint density at radius 2 is 1.71 bits per heavy atom. The molecule has 0 radical (unpaired) electrons. The Morgan fingerprint density at radius 3 is 2.14 bits per heavy atom. The van der Waals surface area contributed by atoms with Gasteiger partial charge in [0.25, 0.3) is 0 Å². The summed E-state index contributed by atoms with van der Waals surface area (Å²) in [5.74, 6) is 1.16. The van der Waals surface area contributed by atoms with Crippen molar-refractivity contribution in [1.82, 2.24) is 0 Å². The molecule has 1 rings (SSSR count). The first kappa shape index (κ1) is 11.5. The van der Waals surface area contributed by atoms with Crippen molar-refractivity contribution >= 4 is 5.78 Å². The van der Waals surface area contributed by atoms with E-state index in [1.165, 1.54) is 37.7 Å².